The van der Waals surface area contributed by atoms with Gasteiger partial charge in [0, 0.05) is 29.1 Å². The molecule has 0 saturated carbocycles. The largest absolute Gasteiger partial charge is 0.493 e. The van der Waals surface area contributed by atoms with Gasteiger partial charge in [-0.15, -0.1) is 0 Å². The summed E-state index contributed by atoms with van der Waals surface area (Å²) >= 11 is 6.60. The zero-order valence-electron chi connectivity index (χ0n) is 21.7. The van der Waals surface area contributed by atoms with Gasteiger partial charge in [-0.1, -0.05) is 115 Å². The van der Waals surface area contributed by atoms with Crippen molar-refractivity contribution in [3.8, 4) is 11.1 Å². The summed E-state index contributed by atoms with van der Waals surface area (Å²) in [5, 5.41) is 0.847. The number of benzene rings is 2. The van der Waals surface area contributed by atoms with Crippen molar-refractivity contribution in [3.05, 3.63) is 52.5 Å². The molecule has 0 bridgehead atoms. The van der Waals surface area contributed by atoms with E-state index in [0.717, 1.165) is 23.7 Å². The Kier molecular flexibility index (Phi) is 8.49. The Morgan fingerprint density at radius 2 is 1.32 bits per heavy atom. The molecule has 0 aromatic heterocycles. The van der Waals surface area contributed by atoms with Crippen molar-refractivity contribution in [1.82, 2.24) is 0 Å². The predicted octanol–water partition coefficient (Wildman–Crippen LogP) is 8.32. The summed E-state index contributed by atoms with van der Waals surface area (Å²) in [6.07, 6.45) is 12.6. The van der Waals surface area contributed by atoms with Gasteiger partial charge in [0.2, 0.25) is 0 Å². The first-order chi connectivity index (χ1) is 16.4. The monoisotopic (exact) mass is 480 g/mol. The van der Waals surface area contributed by atoms with Crippen molar-refractivity contribution in [2.24, 2.45) is 5.41 Å². The van der Waals surface area contributed by atoms with Crippen LogP contribution in [0.2, 0.25) is 5.02 Å². The standard InChI is InChI=1S/C30H42BClO2/c1-5-7-9-11-17-30(18-12-10-8-6-2)27-19-23(31-33-21-29(3,4)22-34-31)13-15-25(27)26-16-14-24(32)20-28(26)30/h13-16,19-20H,5-12,17-18,21-22H2,1-4H3. The van der Waals surface area contributed by atoms with Crippen LogP contribution in [-0.2, 0) is 14.7 Å². The molecule has 0 amide bonds. The van der Waals surface area contributed by atoms with Crippen molar-refractivity contribution >= 4 is 24.2 Å². The Balaban J connectivity index is 1.73. The Hall–Kier alpha value is -1.29. The summed E-state index contributed by atoms with van der Waals surface area (Å²) in [5.41, 5.74) is 6.89. The third kappa shape index (κ3) is 5.42. The van der Waals surface area contributed by atoms with Crippen LogP contribution in [0.1, 0.15) is 103 Å². The van der Waals surface area contributed by atoms with Gasteiger partial charge in [0.1, 0.15) is 0 Å². The van der Waals surface area contributed by atoms with Crippen molar-refractivity contribution < 1.29 is 9.31 Å². The van der Waals surface area contributed by atoms with Crippen LogP contribution in [0.5, 0.6) is 0 Å². The van der Waals surface area contributed by atoms with Gasteiger partial charge in [-0.3, -0.25) is 0 Å². The molecule has 1 aliphatic carbocycles. The number of rotatable bonds is 11. The van der Waals surface area contributed by atoms with Crippen LogP contribution in [0.3, 0.4) is 0 Å². The fourth-order valence-corrected chi connectivity index (χ4v) is 6.06. The molecule has 34 heavy (non-hydrogen) atoms. The molecule has 184 valence electrons. The van der Waals surface area contributed by atoms with Gasteiger partial charge < -0.3 is 9.31 Å². The molecule has 1 fully saturated rings. The van der Waals surface area contributed by atoms with Crippen LogP contribution in [0, 0.1) is 5.41 Å². The fourth-order valence-electron chi connectivity index (χ4n) is 5.89. The first kappa shape index (κ1) is 25.8. The Morgan fingerprint density at radius 3 is 1.91 bits per heavy atom. The number of hydrogen-bond acceptors (Lipinski definition) is 2. The van der Waals surface area contributed by atoms with Crippen LogP contribution >= 0.6 is 11.6 Å². The smallest absolute Gasteiger partial charge is 0.407 e. The topological polar surface area (TPSA) is 18.5 Å². The highest BCUT2D eigenvalue weighted by Crippen LogP contribution is 2.54. The summed E-state index contributed by atoms with van der Waals surface area (Å²) in [5.74, 6) is 0. The second-order valence-corrected chi connectivity index (χ2v) is 11.8. The molecular weight excluding hydrogens is 439 g/mol. The van der Waals surface area contributed by atoms with Gasteiger partial charge in [-0.2, -0.15) is 0 Å². The summed E-state index contributed by atoms with van der Waals surface area (Å²) in [7, 11) is -0.275. The normalized spacial score (nSPS) is 18.1. The van der Waals surface area contributed by atoms with E-state index in [-0.39, 0.29) is 17.9 Å². The second kappa shape index (κ2) is 11.2. The third-order valence-corrected chi connectivity index (χ3v) is 8.02. The van der Waals surface area contributed by atoms with E-state index in [4.69, 9.17) is 20.9 Å². The maximum atomic E-state index is 6.60. The molecule has 0 unspecified atom stereocenters. The van der Waals surface area contributed by atoms with Gasteiger partial charge >= 0.3 is 7.12 Å². The highest BCUT2D eigenvalue weighted by Gasteiger charge is 2.43. The minimum Gasteiger partial charge on any atom is -0.407 e. The van der Waals surface area contributed by atoms with Crippen LogP contribution in [-0.4, -0.2) is 20.3 Å². The first-order valence-corrected chi connectivity index (χ1v) is 14.0. The zero-order valence-corrected chi connectivity index (χ0v) is 22.5. The SMILES string of the molecule is CCCCCCC1(CCCCCC)c2cc(Cl)ccc2-c2ccc(B3OCC(C)(C)CO3)cc21. The molecule has 0 atom stereocenters. The van der Waals surface area contributed by atoms with E-state index in [1.54, 1.807) is 0 Å². The van der Waals surface area contributed by atoms with Gasteiger partial charge in [0.25, 0.3) is 0 Å². The molecular formula is C30H42BClO2. The summed E-state index contributed by atoms with van der Waals surface area (Å²) in [4.78, 5) is 0. The van der Waals surface area contributed by atoms with E-state index in [1.165, 1.54) is 86.5 Å². The summed E-state index contributed by atoms with van der Waals surface area (Å²) in [6, 6.07) is 13.5. The quantitative estimate of drug-likeness (QED) is 0.238. The van der Waals surface area contributed by atoms with E-state index in [0.29, 0.717) is 0 Å². The van der Waals surface area contributed by atoms with Gasteiger partial charge in [0.15, 0.2) is 0 Å². The van der Waals surface area contributed by atoms with Crippen LogP contribution < -0.4 is 5.46 Å². The predicted molar refractivity (Wildman–Crippen MR) is 146 cm³/mol. The van der Waals surface area contributed by atoms with Crippen LogP contribution in [0.25, 0.3) is 11.1 Å². The lowest BCUT2D eigenvalue weighted by atomic mass is 9.68. The van der Waals surface area contributed by atoms with Gasteiger partial charge in [-0.05, 0) is 52.7 Å². The molecule has 0 radical (unpaired) electrons. The molecule has 2 nitrogen and oxygen atoms in total. The average molecular weight is 481 g/mol. The fraction of sp³-hybridized carbons (Fsp3) is 0.600. The molecule has 2 aliphatic rings. The minimum atomic E-state index is -0.275. The van der Waals surface area contributed by atoms with Crippen molar-refractivity contribution in [2.75, 3.05) is 13.2 Å². The Labute approximate surface area is 212 Å². The van der Waals surface area contributed by atoms with E-state index in [9.17, 15) is 0 Å². The zero-order chi connectivity index (χ0) is 24.2. The van der Waals surface area contributed by atoms with E-state index < -0.39 is 0 Å². The Morgan fingerprint density at radius 1 is 0.765 bits per heavy atom. The molecule has 4 heteroatoms. The minimum absolute atomic E-state index is 0.0288. The Bertz CT molecular complexity index is 948. The maximum absolute atomic E-state index is 6.60. The van der Waals surface area contributed by atoms with E-state index >= 15 is 0 Å². The van der Waals surface area contributed by atoms with E-state index in [1.807, 2.05) is 0 Å². The van der Waals surface area contributed by atoms with Crippen LogP contribution in [0.4, 0.5) is 0 Å². The molecule has 1 heterocycles. The highest BCUT2D eigenvalue weighted by atomic mass is 35.5. The molecule has 2 aromatic carbocycles. The molecule has 0 spiro atoms. The van der Waals surface area contributed by atoms with Crippen LogP contribution in [0.15, 0.2) is 36.4 Å². The van der Waals surface area contributed by atoms with Crippen molar-refractivity contribution in [3.63, 3.8) is 0 Å². The summed E-state index contributed by atoms with van der Waals surface area (Å²) in [6.45, 7) is 10.4. The molecule has 0 N–H and O–H groups in total. The maximum Gasteiger partial charge on any atom is 0.493 e. The molecule has 1 aliphatic heterocycles. The van der Waals surface area contributed by atoms with Crippen molar-refractivity contribution in [2.45, 2.75) is 97.3 Å². The number of fused-ring (bicyclic) bond motifs is 3. The molecule has 4 rings (SSSR count). The number of hydrogen-bond donors (Lipinski definition) is 0. The lowest BCUT2D eigenvalue weighted by Crippen LogP contribution is -2.47. The molecule has 1 saturated heterocycles. The van der Waals surface area contributed by atoms with E-state index in [2.05, 4.69) is 64.1 Å². The summed E-state index contributed by atoms with van der Waals surface area (Å²) < 4.78 is 12.4. The first-order valence-electron chi connectivity index (χ1n) is 13.6. The third-order valence-electron chi connectivity index (χ3n) is 7.78. The van der Waals surface area contributed by atoms with Gasteiger partial charge in [0.05, 0.1) is 0 Å². The lowest BCUT2D eigenvalue weighted by molar-refractivity contribution is 0.0343. The highest BCUT2D eigenvalue weighted by molar-refractivity contribution is 6.61. The number of halogens is 1. The van der Waals surface area contributed by atoms with Gasteiger partial charge in [-0.25, -0.2) is 0 Å². The molecule has 2 aromatic rings. The van der Waals surface area contributed by atoms with Crippen molar-refractivity contribution in [1.29, 1.82) is 0 Å². The lowest BCUT2D eigenvalue weighted by Gasteiger charge is -2.35. The second-order valence-electron chi connectivity index (χ2n) is 11.3. The number of unbranched alkanes of at least 4 members (excludes halogenated alkanes) is 6. The average Bonchev–Trinajstić information content (AvgIpc) is 3.08.